The second-order valence-corrected chi connectivity index (χ2v) is 6.51. The minimum Gasteiger partial charge on any atom is -0.468 e. The molecule has 0 aliphatic carbocycles. The van der Waals surface area contributed by atoms with Crippen molar-refractivity contribution in [2.45, 2.75) is 12.2 Å². The van der Waals surface area contributed by atoms with Crippen molar-refractivity contribution in [1.82, 2.24) is 0 Å². The molecule has 0 saturated carbocycles. The minimum absolute atomic E-state index is 0.114. The van der Waals surface area contributed by atoms with Crippen LogP contribution in [0.3, 0.4) is 0 Å². The summed E-state index contributed by atoms with van der Waals surface area (Å²) in [6.45, 7) is 0. The Morgan fingerprint density at radius 2 is 1.81 bits per heavy atom. The summed E-state index contributed by atoms with van der Waals surface area (Å²) < 4.78 is 46.6. The van der Waals surface area contributed by atoms with Gasteiger partial charge in [-0.15, -0.1) is 0 Å². The molecule has 0 unspecified atom stereocenters. The largest absolute Gasteiger partial charge is 0.468 e. The molecule has 0 amide bonds. The molecule has 1 N–H and O–H groups in total. The number of nitrogens with zero attached hydrogens (tertiary/aromatic N) is 1. The Bertz CT molecular complexity index is 868. The summed E-state index contributed by atoms with van der Waals surface area (Å²) in [5.74, 6) is -2.67. The third-order valence-corrected chi connectivity index (χ3v) is 4.79. The van der Waals surface area contributed by atoms with Crippen LogP contribution in [0.15, 0.2) is 58.0 Å². The van der Waals surface area contributed by atoms with E-state index in [1.165, 1.54) is 6.07 Å². The van der Waals surface area contributed by atoms with Crippen LogP contribution in [0.4, 0.5) is 24.5 Å². The Hall–Kier alpha value is -2.35. The number of halogens is 4. The number of fused-ring (bicyclic) bond motifs is 1. The summed E-state index contributed by atoms with van der Waals surface area (Å²) in [7, 11) is 1.06. The summed E-state index contributed by atoms with van der Waals surface area (Å²) >= 11 is 3.35. The van der Waals surface area contributed by atoms with E-state index < -0.39 is 29.8 Å². The van der Waals surface area contributed by atoms with Crippen molar-refractivity contribution in [3.05, 3.63) is 58.6 Å². The van der Waals surface area contributed by atoms with Crippen molar-refractivity contribution in [3.8, 4) is 0 Å². The number of benzene rings is 2. The molecule has 136 valence electrons. The van der Waals surface area contributed by atoms with Gasteiger partial charge in [-0.2, -0.15) is 13.2 Å². The molecule has 26 heavy (non-hydrogen) atoms. The number of rotatable bonds is 2. The zero-order valence-corrected chi connectivity index (χ0v) is 15.1. The molecule has 2 atom stereocenters. The maximum atomic E-state index is 13.8. The second kappa shape index (κ2) is 7.11. The van der Waals surface area contributed by atoms with E-state index in [0.29, 0.717) is 15.7 Å². The normalized spacial score (nSPS) is 19.7. The lowest BCUT2D eigenvalue weighted by atomic mass is 9.88. The molecule has 0 aromatic heterocycles. The van der Waals surface area contributed by atoms with Crippen LogP contribution in [0, 0.1) is 5.92 Å². The summed E-state index contributed by atoms with van der Waals surface area (Å²) in [6, 6.07) is 12.1. The second-order valence-electron chi connectivity index (χ2n) is 5.66. The molecular formula is C18H14BrF3N2O2. The van der Waals surface area contributed by atoms with Crippen LogP contribution < -0.4 is 5.32 Å². The molecular weight excluding hydrogens is 413 g/mol. The molecule has 0 radical (unpaired) electrons. The number of methoxy groups -OCH3 is 1. The number of esters is 1. The monoisotopic (exact) mass is 426 g/mol. The molecule has 0 fully saturated rings. The van der Waals surface area contributed by atoms with Crippen molar-refractivity contribution in [3.63, 3.8) is 0 Å². The first-order valence-electron chi connectivity index (χ1n) is 7.66. The van der Waals surface area contributed by atoms with Crippen LogP contribution in [-0.4, -0.2) is 25.0 Å². The van der Waals surface area contributed by atoms with Gasteiger partial charge < -0.3 is 10.1 Å². The summed E-state index contributed by atoms with van der Waals surface area (Å²) in [5.41, 5.74) is -0.177. The SMILES string of the molecule is COC(=O)[C@@H]1C(C(F)(F)F)=Nc2ccccc2N[C@@H]1c1ccccc1Br. The van der Waals surface area contributed by atoms with Gasteiger partial charge in [-0.1, -0.05) is 46.3 Å². The minimum atomic E-state index is -4.79. The first-order valence-corrected chi connectivity index (χ1v) is 8.46. The number of ether oxygens (including phenoxy) is 1. The highest BCUT2D eigenvalue weighted by Gasteiger charge is 2.49. The molecule has 0 spiro atoms. The highest BCUT2D eigenvalue weighted by Crippen LogP contribution is 2.42. The average Bonchev–Trinajstić information content (AvgIpc) is 2.78. The number of alkyl halides is 3. The van der Waals surface area contributed by atoms with Crippen molar-refractivity contribution < 1.29 is 22.7 Å². The van der Waals surface area contributed by atoms with Crippen molar-refractivity contribution in [2.24, 2.45) is 10.9 Å². The Balaban J connectivity index is 2.26. The van der Waals surface area contributed by atoms with Crippen molar-refractivity contribution >= 4 is 39.0 Å². The van der Waals surface area contributed by atoms with Crippen LogP contribution in [0.2, 0.25) is 0 Å². The molecule has 2 aromatic rings. The zero-order chi connectivity index (χ0) is 18.9. The highest BCUT2D eigenvalue weighted by molar-refractivity contribution is 9.10. The topological polar surface area (TPSA) is 50.7 Å². The number of carbonyl (C=O) groups excluding carboxylic acids is 1. The number of nitrogens with one attached hydrogen (secondary N) is 1. The van der Waals surface area contributed by atoms with Crippen LogP contribution in [0.1, 0.15) is 11.6 Å². The first-order chi connectivity index (χ1) is 12.3. The molecule has 3 rings (SSSR count). The first kappa shape index (κ1) is 18.4. The van der Waals surface area contributed by atoms with E-state index in [1.807, 2.05) is 0 Å². The Morgan fingerprint density at radius 3 is 2.46 bits per heavy atom. The van der Waals surface area contributed by atoms with Gasteiger partial charge in [0, 0.05) is 4.47 Å². The van der Waals surface area contributed by atoms with Crippen molar-refractivity contribution in [2.75, 3.05) is 12.4 Å². The molecule has 4 nitrogen and oxygen atoms in total. The van der Waals surface area contributed by atoms with E-state index in [1.54, 1.807) is 42.5 Å². The van der Waals surface area contributed by atoms with Crippen LogP contribution in [-0.2, 0) is 9.53 Å². The summed E-state index contributed by atoms with van der Waals surface area (Å²) in [5, 5.41) is 3.04. The van der Waals surface area contributed by atoms with E-state index in [9.17, 15) is 18.0 Å². The fourth-order valence-electron chi connectivity index (χ4n) is 2.90. The van der Waals surface area contributed by atoms with Crippen molar-refractivity contribution in [1.29, 1.82) is 0 Å². The summed E-state index contributed by atoms with van der Waals surface area (Å²) in [4.78, 5) is 16.1. The number of carbonyl (C=O) groups is 1. The number of aliphatic imine (C=N–C) groups is 1. The van der Waals surface area contributed by atoms with E-state index in [-0.39, 0.29) is 5.69 Å². The third-order valence-electron chi connectivity index (χ3n) is 4.07. The standard InChI is InChI=1S/C18H14BrF3N2O2/c1-26-17(25)14-15(10-6-2-3-7-11(10)19)23-12-8-4-5-9-13(12)24-16(14)18(20,21)22/h2-9,14-15,23H,1H3/t14-,15+/m0/s1. The number of hydrogen-bond donors (Lipinski definition) is 1. The van der Waals surface area contributed by atoms with Gasteiger partial charge in [0.2, 0.25) is 0 Å². The average molecular weight is 427 g/mol. The van der Waals surface area contributed by atoms with Gasteiger partial charge in [0.15, 0.2) is 0 Å². The third kappa shape index (κ3) is 3.46. The lowest BCUT2D eigenvalue weighted by Crippen LogP contribution is -2.41. The van der Waals surface area contributed by atoms with E-state index in [4.69, 9.17) is 0 Å². The highest BCUT2D eigenvalue weighted by atomic mass is 79.9. The van der Waals surface area contributed by atoms with Gasteiger partial charge in [-0.05, 0) is 23.8 Å². The van der Waals surface area contributed by atoms with Crippen LogP contribution in [0.25, 0.3) is 0 Å². The molecule has 8 heteroatoms. The van der Waals surface area contributed by atoms with E-state index in [0.717, 1.165) is 7.11 Å². The lowest BCUT2D eigenvalue weighted by Gasteiger charge is -2.28. The summed E-state index contributed by atoms with van der Waals surface area (Å²) in [6.07, 6.45) is -4.79. The Morgan fingerprint density at radius 1 is 1.15 bits per heavy atom. The van der Waals surface area contributed by atoms with E-state index in [2.05, 4.69) is 31.0 Å². The Kier molecular flexibility index (Phi) is 5.04. The number of para-hydroxylation sites is 2. The molecule has 0 bridgehead atoms. The quantitative estimate of drug-likeness (QED) is 0.684. The predicted octanol–water partition coefficient (Wildman–Crippen LogP) is 5.04. The van der Waals surface area contributed by atoms with Crippen LogP contribution >= 0.6 is 15.9 Å². The fraction of sp³-hybridized carbons (Fsp3) is 0.222. The molecule has 1 aliphatic rings. The van der Waals surface area contributed by atoms with E-state index >= 15 is 0 Å². The molecule has 2 aromatic carbocycles. The maximum absolute atomic E-state index is 13.8. The van der Waals surface area contributed by atoms with Gasteiger partial charge in [0.05, 0.1) is 24.5 Å². The molecule has 1 heterocycles. The fourth-order valence-corrected chi connectivity index (χ4v) is 3.43. The van der Waals surface area contributed by atoms with Gasteiger partial charge in [-0.3, -0.25) is 4.79 Å². The van der Waals surface area contributed by atoms with Gasteiger partial charge >= 0.3 is 12.1 Å². The maximum Gasteiger partial charge on any atom is 0.430 e. The van der Waals surface area contributed by atoms with Crippen LogP contribution in [0.5, 0.6) is 0 Å². The molecule has 1 aliphatic heterocycles. The van der Waals surface area contributed by atoms with Gasteiger partial charge in [-0.25, -0.2) is 4.99 Å². The number of hydrogen-bond acceptors (Lipinski definition) is 4. The predicted molar refractivity (Wildman–Crippen MR) is 95.6 cm³/mol. The van der Waals surface area contributed by atoms with Gasteiger partial charge in [0.25, 0.3) is 0 Å². The number of anilines is 1. The zero-order valence-electron chi connectivity index (χ0n) is 13.5. The van der Waals surface area contributed by atoms with Gasteiger partial charge in [0.1, 0.15) is 11.6 Å². The lowest BCUT2D eigenvalue weighted by molar-refractivity contribution is -0.145. The molecule has 0 saturated heterocycles. The smallest absolute Gasteiger partial charge is 0.430 e. The Labute approximate surface area is 156 Å².